The van der Waals surface area contributed by atoms with E-state index in [9.17, 15) is 22.8 Å². The van der Waals surface area contributed by atoms with Gasteiger partial charge in [-0.05, 0) is 36.8 Å². The number of hydrogen-bond donors (Lipinski definition) is 2. The predicted molar refractivity (Wildman–Crippen MR) is 71.0 cm³/mol. The fourth-order valence-electron chi connectivity index (χ4n) is 2.64. The van der Waals surface area contributed by atoms with E-state index in [-0.39, 0.29) is 17.0 Å². The van der Waals surface area contributed by atoms with Crippen molar-refractivity contribution in [3.8, 4) is 0 Å². The second-order valence-electron chi connectivity index (χ2n) is 6.19. The first-order valence-corrected chi connectivity index (χ1v) is 6.70. The normalized spacial score (nSPS) is 21.3. The van der Waals surface area contributed by atoms with Crippen LogP contribution in [0.4, 0.5) is 13.2 Å². The summed E-state index contributed by atoms with van der Waals surface area (Å²) in [6, 6.07) is 1.57. The molecule has 0 aromatic carbocycles. The molecule has 0 bridgehead atoms. The van der Waals surface area contributed by atoms with Crippen LogP contribution in [0.25, 0.3) is 0 Å². The standard InChI is InChI=1S/C14H17F3N2O2/c1-13(2)6-5-8(7-13)18-11(20)9-3-4-10(14(15,16)17)19-12(9)21/h3-4,8H,5-7H2,1-2H3,(H,18,20)(H,19,21). The minimum atomic E-state index is -4.64. The molecule has 116 valence electrons. The Morgan fingerprint density at radius 2 is 2.05 bits per heavy atom. The summed E-state index contributed by atoms with van der Waals surface area (Å²) in [5, 5.41) is 2.71. The average Bonchev–Trinajstić information content (AvgIpc) is 2.67. The molecule has 1 atom stereocenters. The smallest absolute Gasteiger partial charge is 0.349 e. The molecule has 0 radical (unpaired) electrons. The molecule has 1 unspecified atom stereocenters. The van der Waals surface area contributed by atoms with Gasteiger partial charge < -0.3 is 10.3 Å². The molecule has 1 aliphatic rings. The van der Waals surface area contributed by atoms with E-state index in [1.165, 1.54) is 0 Å². The van der Waals surface area contributed by atoms with Gasteiger partial charge in [-0.25, -0.2) is 0 Å². The minimum Gasteiger partial charge on any atom is -0.349 e. The lowest BCUT2D eigenvalue weighted by molar-refractivity contribution is -0.141. The number of H-pyrrole nitrogens is 1. The maximum Gasteiger partial charge on any atom is 0.431 e. The van der Waals surface area contributed by atoms with E-state index < -0.39 is 23.3 Å². The molecular weight excluding hydrogens is 285 g/mol. The van der Waals surface area contributed by atoms with Gasteiger partial charge in [-0.15, -0.1) is 0 Å². The highest BCUT2D eigenvalue weighted by Crippen LogP contribution is 2.36. The zero-order chi connectivity index (χ0) is 15.8. The lowest BCUT2D eigenvalue weighted by Crippen LogP contribution is -2.37. The molecule has 2 rings (SSSR count). The lowest BCUT2D eigenvalue weighted by atomic mass is 9.92. The van der Waals surface area contributed by atoms with E-state index in [1.807, 2.05) is 0 Å². The molecule has 1 aromatic rings. The summed E-state index contributed by atoms with van der Waals surface area (Å²) in [5.74, 6) is -0.632. The second-order valence-corrected chi connectivity index (χ2v) is 6.19. The van der Waals surface area contributed by atoms with Gasteiger partial charge in [0.05, 0.1) is 0 Å². The molecule has 0 saturated heterocycles. The van der Waals surface area contributed by atoms with Crippen LogP contribution in [0.3, 0.4) is 0 Å². The monoisotopic (exact) mass is 302 g/mol. The van der Waals surface area contributed by atoms with E-state index in [0.717, 1.165) is 25.3 Å². The van der Waals surface area contributed by atoms with Crippen LogP contribution in [0, 0.1) is 5.41 Å². The second kappa shape index (κ2) is 5.20. The van der Waals surface area contributed by atoms with Crippen LogP contribution in [0.1, 0.15) is 49.2 Å². The van der Waals surface area contributed by atoms with Gasteiger partial charge in [0.1, 0.15) is 11.3 Å². The molecular formula is C14H17F3N2O2. The molecule has 1 heterocycles. The van der Waals surface area contributed by atoms with Crippen molar-refractivity contribution in [3.05, 3.63) is 33.7 Å². The van der Waals surface area contributed by atoms with Crippen LogP contribution >= 0.6 is 0 Å². The van der Waals surface area contributed by atoms with E-state index in [4.69, 9.17) is 0 Å². The first-order chi connectivity index (χ1) is 9.58. The predicted octanol–water partition coefficient (Wildman–Crippen LogP) is 2.70. The first kappa shape index (κ1) is 15.6. The third-order valence-electron chi connectivity index (χ3n) is 3.76. The van der Waals surface area contributed by atoms with Crippen LogP contribution in [0.15, 0.2) is 16.9 Å². The fourth-order valence-corrected chi connectivity index (χ4v) is 2.64. The zero-order valence-corrected chi connectivity index (χ0v) is 11.8. The van der Waals surface area contributed by atoms with Crippen LogP contribution in [0.5, 0.6) is 0 Å². The summed E-state index contributed by atoms with van der Waals surface area (Å²) in [7, 11) is 0. The Bertz CT molecular complexity index is 605. The average molecular weight is 302 g/mol. The summed E-state index contributed by atoms with van der Waals surface area (Å²) < 4.78 is 37.3. The van der Waals surface area contributed by atoms with Crippen LogP contribution in [0.2, 0.25) is 0 Å². The van der Waals surface area contributed by atoms with Crippen LogP contribution in [-0.4, -0.2) is 16.9 Å². The Labute approximate surface area is 119 Å². The summed E-state index contributed by atoms with van der Waals surface area (Å²) in [6.45, 7) is 4.17. The van der Waals surface area contributed by atoms with Crippen molar-refractivity contribution < 1.29 is 18.0 Å². The molecule has 0 aliphatic heterocycles. The van der Waals surface area contributed by atoms with E-state index >= 15 is 0 Å². The van der Waals surface area contributed by atoms with Gasteiger partial charge in [-0.2, -0.15) is 13.2 Å². The molecule has 1 amide bonds. The largest absolute Gasteiger partial charge is 0.431 e. The van der Waals surface area contributed by atoms with Crippen LogP contribution < -0.4 is 10.9 Å². The third kappa shape index (κ3) is 3.65. The number of carbonyl (C=O) groups excluding carboxylic acids is 1. The molecule has 1 aliphatic carbocycles. The maximum absolute atomic E-state index is 12.4. The summed E-state index contributed by atoms with van der Waals surface area (Å²) in [6.07, 6.45) is -2.08. The van der Waals surface area contributed by atoms with Gasteiger partial charge in [0, 0.05) is 6.04 Å². The highest BCUT2D eigenvalue weighted by atomic mass is 19.4. The van der Waals surface area contributed by atoms with E-state index in [1.54, 1.807) is 4.98 Å². The SMILES string of the molecule is CC1(C)CCC(NC(=O)c2ccc(C(F)(F)F)[nH]c2=O)C1. The van der Waals surface area contributed by atoms with Gasteiger partial charge in [-0.3, -0.25) is 9.59 Å². The number of rotatable bonds is 2. The van der Waals surface area contributed by atoms with Gasteiger partial charge in [0.15, 0.2) is 0 Å². The molecule has 1 fully saturated rings. The lowest BCUT2D eigenvalue weighted by Gasteiger charge is -2.17. The fraction of sp³-hybridized carbons (Fsp3) is 0.571. The Balaban J connectivity index is 2.12. The van der Waals surface area contributed by atoms with Gasteiger partial charge in [-0.1, -0.05) is 13.8 Å². The molecule has 1 saturated carbocycles. The molecule has 21 heavy (non-hydrogen) atoms. The highest BCUT2D eigenvalue weighted by Gasteiger charge is 2.34. The summed E-state index contributed by atoms with van der Waals surface area (Å²) in [4.78, 5) is 25.3. The van der Waals surface area contributed by atoms with Crippen molar-refractivity contribution in [2.75, 3.05) is 0 Å². The number of hydrogen-bond acceptors (Lipinski definition) is 2. The van der Waals surface area contributed by atoms with Crippen molar-refractivity contribution in [1.29, 1.82) is 0 Å². The Morgan fingerprint density at radius 3 is 2.52 bits per heavy atom. The number of aromatic nitrogens is 1. The van der Waals surface area contributed by atoms with Crippen molar-refractivity contribution >= 4 is 5.91 Å². The molecule has 7 heteroatoms. The maximum atomic E-state index is 12.4. The van der Waals surface area contributed by atoms with Crippen LogP contribution in [-0.2, 0) is 6.18 Å². The quantitative estimate of drug-likeness (QED) is 0.882. The number of halogens is 3. The molecule has 1 aromatic heterocycles. The van der Waals surface area contributed by atoms with Crippen molar-refractivity contribution in [2.24, 2.45) is 5.41 Å². The van der Waals surface area contributed by atoms with Crippen molar-refractivity contribution in [2.45, 2.75) is 45.3 Å². The van der Waals surface area contributed by atoms with Gasteiger partial charge in [0.25, 0.3) is 11.5 Å². The third-order valence-corrected chi connectivity index (χ3v) is 3.76. The number of nitrogens with one attached hydrogen (secondary N) is 2. The number of pyridine rings is 1. The van der Waals surface area contributed by atoms with Crippen molar-refractivity contribution in [3.63, 3.8) is 0 Å². The Morgan fingerprint density at radius 1 is 1.38 bits per heavy atom. The molecule has 2 N–H and O–H groups in total. The minimum absolute atomic E-state index is 0.0470. The van der Waals surface area contributed by atoms with Gasteiger partial charge >= 0.3 is 6.18 Å². The zero-order valence-electron chi connectivity index (χ0n) is 11.8. The summed E-state index contributed by atoms with van der Waals surface area (Å²) >= 11 is 0. The Hall–Kier alpha value is -1.79. The number of amides is 1. The van der Waals surface area contributed by atoms with Crippen molar-refractivity contribution in [1.82, 2.24) is 10.3 Å². The molecule has 0 spiro atoms. The van der Waals surface area contributed by atoms with E-state index in [0.29, 0.717) is 6.07 Å². The first-order valence-electron chi connectivity index (χ1n) is 6.70. The van der Waals surface area contributed by atoms with Gasteiger partial charge in [0.2, 0.25) is 0 Å². The number of alkyl halides is 3. The Kier molecular flexibility index (Phi) is 3.86. The highest BCUT2D eigenvalue weighted by molar-refractivity contribution is 5.94. The molecule has 4 nitrogen and oxygen atoms in total. The summed E-state index contributed by atoms with van der Waals surface area (Å²) in [5.41, 5.74) is -2.36. The van der Waals surface area contributed by atoms with E-state index in [2.05, 4.69) is 19.2 Å². The topological polar surface area (TPSA) is 62.0 Å². The number of carbonyl (C=O) groups is 1. The number of aromatic amines is 1.